The molecule has 0 amide bonds. The molecule has 0 spiro atoms. The fourth-order valence-electron chi connectivity index (χ4n) is 2.53. The van der Waals surface area contributed by atoms with Crippen molar-refractivity contribution in [3.63, 3.8) is 0 Å². The molecule has 0 radical (unpaired) electrons. The number of aromatic nitrogens is 2. The van der Waals surface area contributed by atoms with E-state index >= 15 is 0 Å². The van der Waals surface area contributed by atoms with Crippen LogP contribution in [0.2, 0.25) is 0 Å². The van der Waals surface area contributed by atoms with E-state index in [1.807, 2.05) is 24.3 Å². The van der Waals surface area contributed by atoms with Gasteiger partial charge < -0.3 is 16.0 Å². The number of nitrogens with one attached hydrogen (secondary N) is 1. The van der Waals surface area contributed by atoms with Crippen molar-refractivity contribution >= 4 is 38.9 Å². The highest BCUT2D eigenvalue weighted by Crippen LogP contribution is 2.32. The lowest BCUT2D eigenvalue weighted by molar-refractivity contribution is 0.574. The van der Waals surface area contributed by atoms with Crippen LogP contribution in [0.25, 0.3) is 0 Å². The highest BCUT2D eigenvalue weighted by Gasteiger charge is 2.17. The quantitative estimate of drug-likeness (QED) is 0.888. The van der Waals surface area contributed by atoms with Crippen molar-refractivity contribution in [2.24, 2.45) is 0 Å². The molecule has 3 N–H and O–H groups in total. The van der Waals surface area contributed by atoms with Gasteiger partial charge in [0.15, 0.2) is 11.6 Å². The van der Waals surface area contributed by atoms with Gasteiger partial charge >= 0.3 is 0 Å². The van der Waals surface area contributed by atoms with Crippen LogP contribution in [0.15, 0.2) is 35.1 Å². The van der Waals surface area contributed by atoms with E-state index in [1.54, 1.807) is 6.33 Å². The molecule has 0 unspecified atom stereocenters. The minimum atomic E-state index is 0.607. The van der Waals surface area contributed by atoms with Crippen LogP contribution < -0.4 is 16.0 Å². The SMILES string of the molecule is Nc1c(Nc2ccccc2Br)ncnc1N1CCCCC1. The van der Waals surface area contributed by atoms with E-state index in [-0.39, 0.29) is 0 Å². The number of halogens is 1. The Hall–Kier alpha value is -1.82. The van der Waals surface area contributed by atoms with Gasteiger partial charge in [0.1, 0.15) is 12.0 Å². The standard InChI is InChI=1S/C15H18BrN5/c16-11-6-2-3-7-12(11)20-14-13(17)15(19-10-18-14)21-8-4-1-5-9-21/h2-3,6-7,10H,1,4-5,8-9,17H2,(H,18,19,20). The van der Waals surface area contributed by atoms with Crippen LogP contribution >= 0.6 is 15.9 Å². The van der Waals surface area contributed by atoms with E-state index in [0.29, 0.717) is 11.5 Å². The molecule has 5 nitrogen and oxygen atoms in total. The molecule has 1 aliphatic heterocycles. The van der Waals surface area contributed by atoms with Gasteiger partial charge in [-0.05, 0) is 47.3 Å². The van der Waals surface area contributed by atoms with E-state index in [4.69, 9.17) is 5.73 Å². The Bertz CT molecular complexity index is 625. The largest absolute Gasteiger partial charge is 0.393 e. The van der Waals surface area contributed by atoms with Crippen LogP contribution in [0.4, 0.5) is 23.0 Å². The van der Waals surface area contributed by atoms with Gasteiger partial charge in [-0.3, -0.25) is 0 Å². The average molecular weight is 348 g/mol. The molecule has 0 atom stereocenters. The van der Waals surface area contributed by atoms with Gasteiger partial charge in [0.25, 0.3) is 0 Å². The van der Waals surface area contributed by atoms with Gasteiger partial charge in [-0.2, -0.15) is 0 Å². The monoisotopic (exact) mass is 347 g/mol. The normalized spacial score (nSPS) is 15.0. The lowest BCUT2D eigenvalue weighted by Gasteiger charge is -2.29. The van der Waals surface area contributed by atoms with Gasteiger partial charge in [0, 0.05) is 17.6 Å². The molecule has 0 saturated carbocycles. The number of anilines is 4. The van der Waals surface area contributed by atoms with Gasteiger partial charge in [-0.15, -0.1) is 0 Å². The second kappa shape index (κ2) is 6.30. The molecular weight excluding hydrogens is 330 g/mol. The number of rotatable bonds is 3. The second-order valence-corrected chi connectivity index (χ2v) is 5.97. The van der Waals surface area contributed by atoms with Crippen LogP contribution in [0, 0.1) is 0 Å². The summed E-state index contributed by atoms with van der Waals surface area (Å²) in [6, 6.07) is 7.89. The van der Waals surface area contributed by atoms with Gasteiger partial charge in [0.2, 0.25) is 0 Å². The van der Waals surface area contributed by atoms with Crippen molar-refractivity contribution in [1.82, 2.24) is 9.97 Å². The first-order valence-corrected chi connectivity index (χ1v) is 7.92. The fourth-order valence-corrected chi connectivity index (χ4v) is 2.92. The van der Waals surface area contributed by atoms with Gasteiger partial charge in [-0.25, -0.2) is 9.97 Å². The predicted octanol–water partition coefficient (Wildman–Crippen LogP) is 3.56. The molecule has 2 aromatic rings. The Balaban J connectivity index is 1.88. The van der Waals surface area contributed by atoms with Crippen LogP contribution in [-0.2, 0) is 0 Å². The van der Waals surface area contributed by atoms with E-state index in [2.05, 4.69) is 36.1 Å². The molecule has 1 fully saturated rings. The third-order valence-corrected chi connectivity index (χ3v) is 4.34. The first-order chi connectivity index (χ1) is 10.3. The van der Waals surface area contributed by atoms with Crippen molar-refractivity contribution in [2.75, 3.05) is 29.0 Å². The summed E-state index contributed by atoms with van der Waals surface area (Å²) in [4.78, 5) is 10.9. The maximum Gasteiger partial charge on any atom is 0.159 e. The van der Waals surface area contributed by atoms with E-state index in [9.17, 15) is 0 Å². The molecule has 110 valence electrons. The molecule has 21 heavy (non-hydrogen) atoms. The number of hydrogen-bond donors (Lipinski definition) is 2. The highest BCUT2D eigenvalue weighted by atomic mass is 79.9. The van der Waals surface area contributed by atoms with E-state index in [0.717, 1.165) is 29.1 Å². The fraction of sp³-hybridized carbons (Fsp3) is 0.333. The van der Waals surface area contributed by atoms with Crippen molar-refractivity contribution < 1.29 is 0 Å². The second-order valence-electron chi connectivity index (χ2n) is 5.11. The summed E-state index contributed by atoms with van der Waals surface area (Å²) in [6.07, 6.45) is 5.23. The summed E-state index contributed by atoms with van der Waals surface area (Å²) in [7, 11) is 0. The number of nitrogens with zero attached hydrogens (tertiary/aromatic N) is 3. The number of piperidine rings is 1. The Morgan fingerprint density at radius 3 is 2.62 bits per heavy atom. The maximum atomic E-state index is 6.27. The van der Waals surface area contributed by atoms with Gasteiger partial charge in [-0.1, -0.05) is 12.1 Å². The van der Waals surface area contributed by atoms with Crippen molar-refractivity contribution in [3.8, 4) is 0 Å². The summed E-state index contributed by atoms with van der Waals surface area (Å²) >= 11 is 3.52. The molecule has 1 saturated heterocycles. The number of nitrogen functional groups attached to an aromatic ring is 1. The molecule has 1 aromatic carbocycles. The Kier molecular flexibility index (Phi) is 4.24. The van der Waals surface area contributed by atoms with Crippen LogP contribution in [0.1, 0.15) is 19.3 Å². The topological polar surface area (TPSA) is 67.1 Å². The lowest BCUT2D eigenvalue weighted by atomic mass is 10.1. The molecule has 6 heteroatoms. The molecule has 1 aromatic heterocycles. The van der Waals surface area contributed by atoms with E-state index in [1.165, 1.54) is 19.3 Å². The molecular formula is C15H18BrN5. The smallest absolute Gasteiger partial charge is 0.159 e. The summed E-state index contributed by atoms with van der Waals surface area (Å²) in [5, 5.41) is 3.27. The third kappa shape index (κ3) is 3.10. The Morgan fingerprint density at radius 1 is 1.10 bits per heavy atom. The lowest BCUT2D eigenvalue weighted by Crippen LogP contribution is -2.31. The Morgan fingerprint density at radius 2 is 1.86 bits per heavy atom. The first kappa shape index (κ1) is 14.1. The zero-order valence-electron chi connectivity index (χ0n) is 11.7. The summed E-state index contributed by atoms with van der Waals surface area (Å²) in [5.74, 6) is 1.48. The van der Waals surface area contributed by atoms with Crippen molar-refractivity contribution in [2.45, 2.75) is 19.3 Å². The van der Waals surface area contributed by atoms with Gasteiger partial charge in [0.05, 0.1) is 5.69 Å². The third-order valence-electron chi connectivity index (χ3n) is 3.65. The zero-order valence-corrected chi connectivity index (χ0v) is 13.3. The van der Waals surface area contributed by atoms with Crippen LogP contribution in [0.3, 0.4) is 0 Å². The molecule has 1 aliphatic rings. The number of benzene rings is 1. The molecule has 3 rings (SSSR count). The molecule has 0 bridgehead atoms. The van der Waals surface area contributed by atoms with E-state index < -0.39 is 0 Å². The number of para-hydroxylation sites is 1. The average Bonchev–Trinajstić information content (AvgIpc) is 2.52. The summed E-state index contributed by atoms with van der Waals surface area (Å²) < 4.78 is 0.975. The first-order valence-electron chi connectivity index (χ1n) is 7.12. The zero-order chi connectivity index (χ0) is 14.7. The summed E-state index contributed by atoms with van der Waals surface area (Å²) in [6.45, 7) is 2.02. The minimum Gasteiger partial charge on any atom is -0.393 e. The highest BCUT2D eigenvalue weighted by molar-refractivity contribution is 9.10. The Labute approximate surface area is 132 Å². The van der Waals surface area contributed by atoms with Crippen LogP contribution in [0.5, 0.6) is 0 Å². The summed E-state index contributed by atoms with van der Waals surface area (Å²) in [5.41, 5.74) is 7.81. The maximum absolute atomic E-state index is 6.27. The van der Waals surface area contributed by atoms with Crippen molar-refractivity contribution in [1.29, 1.82) is 0 Å². The number of nitrogens with two attached hydrogens (primary N) is 1. The van der Waals surface area contributed by atoms with Crippen LogP contribution in [-0.4, -0.2) is 23.1 Å². The molecule has 0 aliphatic carbocycles. The molecule has 2 heterocycles. The predicted molar refractivity (Wildman–Crippen MR) is 89.9 cm³/mol. The minimum absolute atomic E-state index is 0.607. The number of hydrogen-bond acceptors (Lipinski definition) is 5. The van der Waals surface area contributed by atoms with Crippen molar-refractivity contribution in [3.05, 3.63) is 35.1 Å².